The molecule has 0 aliphatic rings. The third-order valence-electron chi connectivity index (χ3n) is 2.54. The molecule has 4 nitrogen and oxygen atoms in total. The quantitative estimate of drug-likeness (QED) is 0.904. The van der Waals surface area contributed by atoms with Crippen molar-refractivity contribution in [2.45, 2.75) is 13.5 Å². The molecule has 1 aromatic carbocycles. The predicted octanol–water partition coefficient (Wildman–Crippen LogP) is 1.83. The number of nitrogens with zero attached hydrogens (tertiary/aromatic N) is 2. The Balaban J connectivity index is 2.61. The van der Waals surface area contributed by atoms with Crippen molar-refractivity contribution in [1.82, 2.24) is 9.78 Å². The van der Waals surface area contributed by atoms with E-state index in [-0.39, 0.29) is 11.6 Å². The van der Waals surface area contributed by atoms with Crippen molar-refractivity contribution in [3.63, 3.8) is 0 Å². The van der Waals surface area contributed by atoms with E-state index in [9.17, 15) is 9.18 Å². The molecule has 0 unspecified atom stereocenters. The highest BCUT2D eigenvalue weighted by atomic mass is 35.5. The van der Waals surface area contributed by atoms with E-state index in [1.807, 2.05) is 0 Å². The minimum atomic E-state index is -0.558. The monoisotopic (exact) mass is 268 g/mol. The molecular weight excluding hydrogens is 259 g/mol. The minimum absolute atomic E-state index is 0.0786. The van der Waals surface area contributed by atoms with Crippen LogP contribution in [0.25, 0.3) is 5.69 Å². The van der Waals surface area contributed by atoms with Crippen LogP contribution >= 0.6 is 11.6 Å². The van der Waals surface area contributed by atoms with Gasteiger partial charge in [-0.3, -0.25) is 4.79 Å². The Hall–Kier alpha value is -1.72. The Morgan fingerprint density at radius 1 is 1.44 bits per heavy atom. The first-order chi connectivity index (χ1) is 8.52. The van der Waals surface area contributed by atoms with Crippen LogP contribution in [0.1, 0.15) is 11.3 Å². The molecule has 0 fully saturated rings. The minimum Gasteiger partial charge on any atom is -0.392 e. The smallest absolute Gasteiger partial charge is 0.271 e. The fraction of sp³-hybridized carbons (Fsp3) is 0.167. The number of aryl methyl sites for hydroxylation is 1. The number of aliphatic hydroxyl groups is 1. The third kappa shape index (κ3) is 2.27. The highest BCUT2D eigenvalue weighted by Gasteiger charge is 2.08. The summed E-state index contributed by atoms with van der Waals surface area (Å²) in [6.07, 6.45) is 0. The van der Waals surface area contributed by atoms with Crippen molar-refractivity contribution in [2.75, 3.05) is 0 Å². The Kier molecular flexibility index (Phi) is 3.45. The van der Waals surface area contributed by atoms with Crippen LogP contribution in [0.2, 0.25) is 5.02 Å². The Morgan fingerprint density at radius 2 is 2.17 bits per heavy atom. The lowest BCUT2D eigenvalue weighted by atomic mass is 10.2. The molecule has 6 heteroatoms. The third-order valence-corrected chi connectivity index (χ3v) is 2.83. The summed E-state index contributed by atoms with van der Waals surface area (Å²) in [4.78, 5) is 11.8. The highest BCUT2D eigenvalue weighted by molar-refractivity contribution is 6.30. The van der Waals surface area contributed by atoms with Crippen molar-refractivity contribution in [3.8, 4) is 5.69 Å². The normalized spacial score (nSPS) is 10.7. The molecule has 0 bridgehead atoms. The number of halogens is 2. The lowest BCUT2D eigenvalue weighted by molar-refractivity contribution is 0.279. The maximum absolute atomic E-state index is 13.0. The topological polar surface area (TPSA) is 55.1 Å². The number of aromatic nitrogens is 2. The van der Waals surface area contributed by atoms with E-state index in [1.54, 1.807) is 6.92 Å². The van der Waals surface area contributed by atoms with Gasteiger partial charge in [-0.05, 0) is 25.1 Å². The summed E-state index contributed by atoms with van der Waals surface area (Å²) in [5, 5.41) is 13.0. The van der Waals surface area contributed by atoms with Crippen molar-refractivity contribution in [1.29, 1.82) is 0 Å². The molecule has 0 amide bonds. The molecule has 0 saturated carbocycles. The summed E-state index contributed by atoms with van der Waals surface area (Å²) in [6.45, 7) is 1.42. The van der Waals surface area contributed by atoms with Crippen molar-refractivity contribution in [3.05, 3.63) is 56.7 Å². The van der Waals surface area contributed by atoms with Gasteiger partial charge in [-0.15, -0.1) is 0 Å². The van der Waals surface area contributed by atoms with E-state index in [2.05, 4.69) is 5.10 Å². The molecule has 0 radical (unpaired) electrons. The molecule has 18 heavy (non-hydrogen) atoms. The summed E-state index contributed by atoms with van der Waals surface area (Å²) in [7, 11) is 0. The first kappa shape index (κ1) is 12.7. The summed E-state index contributed by atoms with van der Waals surface area (Å²) >= 11 is 5.66. The van der Waals surface area contributed by atoms with Crippen LogP contribution in [0.15, 0.2) is 29.1 Å². The van der Waals surface area contributed by atoms with Crippen LogP contribution < -0.4 is 5.56 Å². The van der Waals surface area contributed by atoms with Gasteiger partial charge < -0.3 is 5.11 Å². The Labute approximate surface area is 107 Å². The molecule has 0 aliphatic carbocycles. The molecule has 0 spiro atoms. The SMILES string of the molecule is Cc1nn(-c2ccc(F)c(Cl)c2)c(=O)cc1CO. The van der Waals surface area contributed by atoms with Crippen molar-refractivity contribution in [2.24, 2.45) is 0 Å². The molecule has 2 rings (SSSR count). The van der Waals surface area contributed by atoms with Gasteiger partial charge in [-0.1, -0.05) is 11.6 Å². The molecular formula is C12H10ClFN2O2. The molecule has 2 aromatic rings. The molecule has 0 atom stereocenters. The number of rotatable bonds is 2. The van der Waals surface area contributed by atoms with E-state index in [0.717, 1.165) is 4.68 Å². The summed E-state index contributed by atoms with van der Waals surface area (Å²) in [6, 6.07) is 5.19. The van der Waals surface area contributed by atoms with E-state index in [4.69, 9.17) is 16.7 Å². The number of hydrogen-bond acceptors (Lipinski definition) is 3. The Morgan fingerprint density at radius 3 is 2.78 bits per heavy atom. The summed E-state index contributed by atoms with van der Waals surface area (Å²) in [5.41, 5.74) is 0.952. The van der Waals surface area contributed by atoms with Gasteiger partial charge in [0, 0.05) is 11.6 Å². The average Bonchev–Trinajstić information content (AvgIpc) is 2.35. The fourth-order valence-electron chi connectivity index (χ4n) is 1.54. The van der Waals surface area contributed by atoms with Gasteiger partial charge in [0.15, 0.2) is 0 Å². The van der Waals surface area contributed by atoms with Crippen LogP contribution in [0.5, 0.6) is 0 Å². The van der Waals surface area contributed by atoms with Crippen molar-refractivity contribution < 1.29 is 9.50 Å². The number of hydrogen-bond donors (Lipinski definition) is 1. The highest BCUT2D eigenvalue weighted by Crippen LogP contribution is 2.17. The van der Waals surface area contributed by atoms with E-state index in [1.165, 1.54) is 24.3 Å². The van der Waals surface area contributed by atoms with Gasteiger partial charge >= 0.3 is 0 Å². The van der Waals surface area contributed by atoms with Crippen molar-refractivity contribution >= 4 is 11.6 Å². The lowest BCUT2D eigenvalue weighted by Gasteiger charge is -2.08. The second kappa shape index (κ2) is 4.88. The molecule has 1 aromatic heterocycles. The molecule has 0 aliphatic heterocycles. The van der Waals surface area contributed by atoms with Crippen LogP contribution in [0.4, 0.5) is 4.39 Å². The molecule has 1 N–H and O–H groups in total. The van der Waals surface area contributed by atoms with Gasteiger partial charge in [-0.25, -0.2) is 4.39 Å². The van der Waals surface area contributed by atoms with E-state index in [0.29, 0.717) is 16.9 Å². The first-order valence-corrected chi connectivity index (χ1v) is 5.57. The van der Waals surface area contributed by atoms with Crippen LogP contribution in [0.3, 0.4) is 0 Å². The zero-order valence-electron chi connectivity index (χ0n) is 9.52. The maximum Gasteiger partial charge on any atom is 0.271 e. The summed E-state index contributed by atoms with van der Waals surface area (Å²) < 4.78 is 14.2. The number of benzene rings is 1. The fourth-order valence-corrected chi connectivity index (χ4v) is 1.71. The largest absolute Gasteiger partial charge is 0.392 e. The second-order valence-corrected chi connectivity index (χ2v) is 4.17. The molecule has 94 valence electrons. The lowest BCUT2D eigenvalue weighted by Crippen LogP contribution is -2.22. The zero-order chi connectivity index (χ0) is 13.3. The second-order valence-electron chi connectivity index (χ2n) is 3.76. The van der Waals surface area contributed by atoms with E-state index >= 15 is 0 Å². The number of aliphatic hydroxyl groups excluding tert-OH is 1. The standard InChI is InChI=1S/C12H10ClFN2O2/c1-7-8(6-17)4-12(18)16(15-7)9-2-3-11(14)10(13)5-9/h2-5,17H,6H2,1H3. The first-order valence-electron chi connectivity index (χ1n) is 5.19. The van der Waals surface area contributed by atoms with Gasteiger partial charge in [0.05, 0.1) is 23.0 Å². The summed E-state index contributed by atoms with van der Waals surface area (Å²) in [5.74, 6) is -0.558. The molecule has 1 heterocycles. The van der Waals surface area contributed by atoms with Gasteiger partial charge in [0.2, 0.25) is 0 Å². The van der Waals surface area contributed by atoms with Gasteiger partial charge in [-0.2, -0.15) is 9.78 Å². The van der Waals surface area contributed by atoms with Gasteiger partial charge in [0.25, 0.3) is 5.56 Å². The van der Waals surface area contributed by atoms with Gasteiger partial charge in [0.1, 0.15) is 5.82 Å². The average molecular weight is 269 g/mol. The van der Waals surface area contributed by atoms with Crippen LogP contribution in [-0.4, -0.2) is 14.9 Å². The van der Waals surface area contributed by atoms with Crippen LogP contribution in [-0.2, 0) is 6.61 Å². The van der Waals surface area contributed by atoms with E-state index < -0.39 is 11.4 Å². The molecule has 0 saturated heterocycles. The predicted molar refractivity (Wildman–Crippen MR) is 65.5 cm³/mol. The maximum atomic E-state index is 13.0. The Bertz CT molecular complexity index is 655. The van der Waals surface area contributed by atoms with Crippen LogP contribution in [0, 0.1) is 12.7 Å². The zero-order valence-corrected chi connectivity index (χ0v) is 10.3.